The molecule has 0 amide bonds. The van der Waals surface area contributed by atoms with Crippen molar-refractivity contribution in [2.75, 3.05) is 0 Å². The summed E-state index contributed by atoms with van der Waals surface area (Å²) in [5.74, 6) is 0. The fourth-order valence-corrected chi connectivity index (χ4v) is 5.95. The minimum atomic E-state index is -0.348. The molecule has 5 aromatic rings. The van der Waals surface area contributed by atoms with Gasteiger partial charge in [-0.1, -0.05) is 127 Å². The van der Waals surface area contributed by atoms with Crippen molar-refractivity contribution in [2.45, 2.75) is 5.41 Å². The lowest BCUT2D eigenvalue weighted by molar-refractivity contribution is 0.831. The van der Waals surface area contributed by atoms with E-state index in [4.69, 9.17) is 0 Å². The van der Waals surface area contributed by atoms with E-state index in [0.717, 1.165) is 0 Å². The molecule has 2 aliphatic rings. The number of benzene rings is 5. The molecular formula is C33H22. The molecule has 2 aliphatic carbocycles. The summed E-state index contributed by atoms with van der Waals surface area (Å²) < 4.78 is 0. The molecule has 33 heavy (non-hydrogen) atoms. The summed E-state index contributed by atoms with van der Waals surface area (Å²) in [7, 11) is 0. The largest absolute Gasteiger partial charge is 0.0652 e. The molecule has 0 radical (unpaired) electrons. The van der Waals surface area contributed by atoms with Crippen molar-refractivity contribution in [1.29, 1.82) is 0 Å². The topological polar surface area (TPSA) is 0 Å². The second kappa shape index (κ2) is 6.92. The summed E-state index contributed by atoms with van der Waals surface area (Å²) in [4.78, 5) is 0. The zero-order chi connectivity index (χ0) is 21.8. The van der Waals surface area contributed by atoms with E-state index in [1.165, 1.54) is 54.3 Å². The summed E-state index contributed by atoms with van der Waals surface area (Å²) >= 11 is 0. The minimum absolute atomic E-state index is 0.348. The molecule has 0 saturated carbocycles. The Balaban J connectivity index is 1.77. The van der Waals surface area contributed by atoms with Crippen LogP contribution >= 0.6 is 0 Å². The van der Waals surface area contributed by atoms with Crippen molar-refractivity contribution in [3.05, 3.63) is 155 Å². The second-order valence-corrected chi connectivity index (χ2v) is 8.92. The van der Waals surface area contributed by atoms with Crippen LogP contribution in [0.4, 0.5) is 0 Å². The Hall–Kier alpha value is -4.16. The van der Waals surface area contributed by atoms with Crippen LogP contribution in [0.2, 0.25) is 0 Å². The van der Waals surface area contributed by atoms with Gasteiger partial charge in [-0.15, -0.1) is 0 Å². The van der Waals surface area contributed by atoms with Gasteiger partial charge in [-0.25, -0.2) is 0 Å². The van der Waals surface area contributed by atoms with Crippen LogP contribution < -0.4 is 10.4 Å². The van der Waals surface area contributed by atoms with Crippen LogP contribution in [0.25, 0.3) is 33.2 Å². The normalized spacial score (nSPS) is 15.8. The van der Waals surface area contributed by atoms with Crippen LogP contribution in [0.1, 0.15) is 11.1 Å². The van der Waals surface area contributed by atoms with Crippen molar-refractivity contribution in [2.24, 2.45) is 0 Å². The average molecular weight is 419 g/mol. The predicted molar refractivity (Wildman–Crippen MR) is 139 cm³/mol. The van der Waals surface area contributed by atoms with Gasteiger partial charge in [0.05, 0.1) is 5.41 Å². The average Bonchev–Trinajstić information content (AvgIpc) is 3.31. The quantitative estimate of drug-likeness (QED) is 0.290. The van der Waals surface area contributed by atoms with E-state index in [2.05, 4.69) is 133 Å². The van der Waals surface area contributed by atoms with E-state index < -0.39 is 0 Å². The fraction of sp³-hybridized carbons (Fsp3) is 0.0303. The first kappa shape index (κ1) is 18.4. The Morgan fingerprint density at radius 1 is 0.485 bits per heavy atom. The Kier molecular flexibility index (Phi) is 3.86. The standard InChI is InChI=1S/C33H22/c1-3-13-24(14-4-1)33(25-15-5-2-6-16-25)21-11-12-23-22-30-28-19-8-7-17-26(28)27-18-9-10-20-29(27)31(30)32(23)33/h1-22H. The molecule has 0 bridgehead atoms. The Bertz CT molecular complexity index is 1690. The predicted octanol–water partition coefficient (Wildman–Crippen LogP) is 6.42. The number of hydrogen-bond acceptors (Lipinski definition) is 0. The zero-order valence-electron chi connectivity index (χ0n) is 18.2. The number of fused-ring (bicyclic) bond motifs is 7. The van der Waals surface area contributed by atoms with Gasteiger partial charge in [-0.3, -0.25) is 0 Å². The SMILES string of the molecule is C1=CC(c2ccccc2)(c2ccccc2)C2=c3c(c4ccccc4c4ccccc34)=CC2=C1. The molecule has 0 nitrogen and oxygen atoms in total. The van der Waals surface area contributed by atoms with Gasteiger partial charge in [0.15, 0.2) is 0 Å². The molecule has 5 aromatic carbocycles. The zero-order valence-corrected chi connectivity index (χ0v) is 18.2. The molecule has 0 aromatic heterocycles. The van der Waals surface area contributed by atoms with Crippen molar-refractivity contribution >= 4 is 33.2 Å². The molecule has 0 heterocycles. The minimum Gasteiger partial charge on any atom is -0.0652 e. The van der Waals surface area contributed by atoms with E-state index in [1.807, 2.05) is 0 Å². The van der Waals surface area contributed by atoms with E-state index in [9.17, 15) is 0 Å². The van der Waals surface area contributed by atoms with Gasteiger partial charge in [-0.05, 0) is 60.3 Å². The maximum atomic E-state index is 2.41. The molecule has 0 fully saturated rings. The van der Waals surface area contributed by atoms with E-state index >= 15 is 0 Å². The fourth-order valence-electron chi connectivity index (χ4n) is 5.95. The molecule has 154 valence electrons. The van der Waals surface area contributed by atoms with Crippen LogP contribution in [0.15, 0.2) is 133 Å². The summed E-state index contributed by atoms with van der Waals surface area (Å²) in [6, 6.07) is 39.7. The van der Waals surface area contributed by atoms with E-state index in [1.54, 1.807) is 0 Å². The molecule has 0 unspecified atom stereocenters. The Morgan fingerprint density at radius 3 is 1.64 bits per heavy atom. The van der Waals surface area contributed by atoms with Gasteiger partial charge in [-0.2, -0.15) is 0 Å². The van der Waals surface area contributed by atoms with Gasteiger partial charge in [0.1, 0.15) is 0 Å². The van der Waals surface area contributed by atoms with Crippen LogP contribution in [0.3, 0.4) is 0 Å². The van der Waals surface area contributed by atoms with Crippen LogP contribution in [-0.2, 0) is 5.41 Å². The van der Waals surface area contributed by atoms with Gasteiger partial charge in [0.2, 0.25) is 0 Å². The van der Waals surface area contributed by atoms with Crippen molar-refractivity contribution in [1.82, 2.24) is 0 Å². The highest BCUT2D eigenvalue weighted by molar-refractivity contribution is 6.12. The highest BCUT2D eigenvalue weighted by Crippen LogP contribution is 2.47. The van der Waals surface area contributed by atoms with Crippen LogP contribution in [0.5, 0.6) is 0 Å². The maximum absolute atomic E-state index is 2.41. The molecule has 7 rings (SSSR count). The maximum Gasteiger partial charge on any atom is 0.0647 e. The third kappa shape index (κ3) is 2.46. The molecule has 0 atom stereocenters. The smallest absolute Gasteiger partial charge is 0.0647 e. The number of rotatable bonds is 2. The third-order valence-electron chi connectivity index (χ3n) is 7.29. The summed E-state index contributed by atoms with van der Waals surface area (Å²) in [6.45, 7) is 0. The van der Waals surface area contributed by atoms with Crippen LogP contribution in [0, 0.1) is 0 Å². The van der Waals surface area contributed by atoms with Crippen molar-refractivity contribution in [3.8, 4) is 0 Å². The lowest BCUT2D eigenvalue weighted by Gasteiger charge is -2.37. The molecule has 0 aliphatic heterocycles. The third-order valence-corrected chi connectivity index (χ3v) is 7.29. The van der Waals surface area contributed by atoms with E-state index in [0.29, 0.717) is 0 Å². The first-order valence-corrected chi connectivity index (χ1v) is 11.5. The summed E-state index contributed by atoms with van der Waals surface area (Å²) in [6.07, 6.45) is 9.32. The molecule has 0 saturated heterocycles. The molecule has 0 heteroatoms. The lowest BCUT2D eigenvalue weighted by atomic mass is 9.65. The lowest BCUT2D eigenvalue weighted by Crippen LogP contribution is -2.35. The highest BCUT2D eigenvalue weighted by atomic mass is 14.4. The monoisotopic (exact) mass is 418 g/mol. The second-order valence-electron chi connectivity index (χ2n) is 8.92. The molecule has 0 N–H and O–H groups in total. The van der Waals surface area contributed by atoms with Gasteiger partial charge in [0.25, 0.3) is 0 Å². The number of allylic oxidation sites excluding steroid dienone is 4. The first-order chi connectivity index (χ1) is 16.4. The van der Waals surface area contributed by atoms with Gasteiger partial charge < -0.3 is 0 Å². The Labute approximate surface area is 193 Å². The molecule has 0 spiro atoms. The van der Waals surface area contributed by atoms with Gasteiger partial charge >= 0.3 is 0 Å². The van der Waals surface area contributed by atoms with E-state index in [-0.39, 0.29) is 5.41 Å². The van der Waals surface area contributed by atoms with Crippen molar-refractivity contribution < 1.29 is 0 Å². The highest BCUT2D eigenvalue weighted by Gasteiger charge is 2.40. The molecular weight excluding hydrogens is 396 g/mol. The first-order valence-electron chi connectivity index (χ1n) is 11.5. The summed E-state index contributed by atoms with van der Waals surface area (Å²) in [5.41, 5.74) is 4.94. The summed E-state index contributed by atoms with van der Waals surface area (Å²) in [5, 5.41) is 7.99. The Morgan fingerprint density at radius 2 is 1.00 bits per heavy atom. The van der Waals surface area contributed by atoms with Crippen LogP contribution in [-0.4, -0.2) is 0 Å². The van der Waals surface area contributed by atoms with Gasteiger partial charge in [0, 0.05) is 0 Å². The van der Waals surface area contributed by atoms with Crippen molar-refractivity contribution in [3.63, 3.8) is 0 Å². The number of hydrogen-bond donors (Lipinski definition) is 0.